The minimum absolute atomic E-state index is 0.0717. The molecule has 0 aromatic heterocycles. The van der Waals surface area contributed by atoms with Gasteiger partial charge in [0.1, 0.15) is 6.10 Å². The molecule has 7 heteroatoms. The van der Waals surface area contributed by atoms with Crippen LogP contribution < -0.4 is 14.2 Å². The van der Waals surface area contributed by atoms with Crippen molar-refractivity contribution >= 4 is 11.9 Å². The maximum Gasteiger partial charge on any atom is 0.334 e. The third kappa shape index (κ3) is 4.65. The summed E-state index contributed by atoms with van der Waals surface area (Å²) in [5.74, 6) is 0.412. The summed E-state index contributed by atoms with van der Waals surface area (Å²) in [5, 5.41) is 0. The van der Waals surface area contributed by atoms with Gasteiger partial charge in [-0.15, -0.1) is 0 Å². The highest BCUT2D eigenvalue weighted by Crippen LogP contribution is 2.44. The van der Waals surface area contributed by atoms with Crippen molar-refractivity contribution in [3.05, 3.63) is 41.0 Å². The molecule has 1 aliphatic heterocycles. The first kappa shape index (κ1) is 21.3. The summed E-state index contributed by atoms with van der Waals surface area (Å²) in [6.07, 6.45) is 1.70. The molecule has 2 unspecified atom stereocenters. The van der Waals surface area contributed by atoms with Crippen molar-refractivity contribution in [3.63, 3.8) is 0 Å². The summed E-state index contributed by atoms with van der Waals surface area (Å²) in [7, 11) is 1.50. The maximum atomic E-state index is 12.4. The highest BCUT2D eigenvalue weighted by molar-refractivity contribution is 5.88. The van der Waals surface area contributed by atoms with E-state index >= 15 is 0 Å². The Morgan fingerprint density at radius 3 is 2.21 bits per heavy atom. The number of fused-ring (bicyclic) bond motifs is 1. The largest absolute Gasteiger partial charge is 0.493 e. The Morgan fingerprint density at radius 1 is 1.04 bits per heavy atom. The molecule has 0 saturated carbocycles. The molecule has 7 nitrogen and oxygen atoms in total. The van der Waals surface area contributed by atoms with Crippen LogP contribution in [0.5, 0.6) is 17.2 Å². The number of hydrogen-bond acceptors (Lipinski definition) is 7. The van der Waals surface area contributed by atoms with E-state index in [0.717, 1.165) is 0 Å². The highest BCUT2D eigenvalue weighted by Gasteiger charge is 2.31. The molecular formula is C21H26O7. The molecule has 1 aromatic rings. The van der Waals surface area contributed by atoms with Crippen LogP contribution in [-0.4, -0.2) is 31.9 Å². The molecule has 0 fully saturated rings. The monoisotopic (exact) mass is 390 g/mol. The number of rotatable bonds is 7. The van der Waals surface area contributed by atoms with Crippen LogP contribution in [0.15, 0.2) is 35.4 Å². The molecule has 0 radical (unpaired) electrons. The Hall–Kier alpha value is -2.96. The fourth-order valence-corrected chi connectivity index (χ4v) is 2.52. The number of hydrogen-bond donors (Lipinski definition) is 0. The molecule has 0 saturated heterocycles. The van der Waals surface area contributed by atoms with Gasteiger partial charge in [-0.2, -0.15) is 0 Å². The molecule has 0 aliphatic carbocycles. The first-order valence-corrected chi connectivity index (χ1v) is 8.97. The standard InChI is InChI=1S/C21H26O7/c1-7-12(3)20(22)27-14(5)18(28-21(23)13(4)8-2)15-9-16(24-6)19-17(10-15)25-11-26-19/h7-10,14,18H,11H2,1-6H3. The molecular weight excluding hydrogens is 364 g/mol. The Balaban J connectivity index is 2.40. The topological polar surface area (TPSA) is 80.3 Å². The van der Waals surface area contributed by atoms with Crippen LogP contribution in [0.2, 0.25) is 0 Å². The third-order valence-corrected chi connectivity index (χ3v) is 4.47. The lowest BCUT2D eigenvalue weighted by Gasteiger charge is -2.25. The summed E-state index contributed by atoms with van der Waals surface area (Å²) in [6.45, 7) is 8.54. The fraction of sp³-hybridized carbons (Fsp3) is 0.429. The van der Waals surface area contributed by atoms with Crippen molar-refractivity contribution in [1.29, 1.82) is 0 Å². The van der Waals surface area contributed by atoms with Gasteiger partial charge in [-0.1, -0.05) is 12.2 Å². The zero-order valence-corrected chi connectivity index (χ0v) is 17.0. The van der Waals surface area contributed by atoms with Crippen molar-refractivity contribution in [2.45, 2.75) is 46.8 Å². The first-order chi connectivity index (χ1) is 13.3. The van der Waals surface area contributed by atoms with Crippen LogP contribution in [0.3, 0.4) is 0 Å². The van der Waals surface area contributed by atoms with Crippen molar-refractivity contribution in [2.75, 3.05) is 13.9 Å². The number of allylic oxidation sites excluding steroid dienone is 2. The molecule has 1 aliphatic rings. The molecule has 0 spiro atoms. The predicted molar refractivity (Wildman–Crippen MR) is 102 cm³/mol. The number of methoxy groups -OCH3 is 1. The van der Waals surface area contributed by atoms with Gasteiger partial charge in [-0.25, -0.2) is 9.59 Å². The van der Waals surface area contributed by atoms with Gasteiger partial charge in [-0.05, 0) is 46.8 Å². The summed E-state index contributed by atoms with van der Waals surface area (Å²) >= 11 is 0. The van der Waals surface area contributed by atoms with Gasteiger partial charge in [0, 0.05) is 16.7 Å². The van der Waals surface area contributed by atoms with E-state index in [-0.39, 0.29) is 6.79 Å². The molecule has 152 valence electrons. The Labute approximate surface area is 164 Å². The van der Waals surface area contributed by atoms with Gasteiger partial charge in [-0.3, -0.25) is 0 Å². The van der Waals surface area contributed by atoms with Gasteiger partial charge in [0.25, 0.3) is 0 Å². The van der Waals surface area contributed by atoms with E-state index in [4.69, 9.17) is 23.7 Å². The molecule has 28 heavy (non-hydrogen) atoms. The molecule has 1 aromatic carbocycles. The van der Waals surface area contributed by atoms with E-state index in [9.17, 15) is 9.59 Å². The Bertz CT molecular complexity index is 807. The maximum absolute atomic E-state index is 12.4. The van der Waals surface area contributed by atoms with Crippen molar-refractivity contribution in [2.24, 2.45) is 0 Å². The smallest absolute Gasteiger partial charge is 0.334 e. The zero-order chi connectivity index (χ0) is 20.8. The van der Waals surface area contributed by atoms with E-state index in [0.29, 0.717) is 34.0 Å². The van der Waals surface area contributed by atoms with Crippen LogP contribution in [0, 0.1) is 0 Å². The average molecular weight is 390 g/mol. The molecule has 0 amide bonds. The lowest BCUT2D eigenvalue weighted by Crippen LogP contribution is -2.27. The molecule has 0 bridgehead atoms. The van der Waals surface area contributed by atoms with Crippen molar-refractivity contribution < 1.29 is 33.3 Å². The normalized spacial score (nSPS) is 15.6. The van der Waals surface area contributed by atoms with Crippen LogP contribution in [0.1, 0.15) is 46.3 Å². The summed E-state index contributed by atoms with van der Waals surface area (Å²) in [5.41, 5.74) is 1.47. The van der Waals surface area contributed by atoms with Crippen LogP contribution in [-0.2, 0) is 19.1 Å². The minimum atomic E-state index is -0.862. The molecule has 0 N–H and O–H groups in total. The highest BCUT2D eigenvalue weighted by atomic mass is 16.7. The SMILES string of the molecule is CC=C(C)C(=O)OC(C)C(OC(=O)C(C)=CC)c1cc(OC)c2c(c1)OCO2. The number of carbonyl (C=O) groups excluding carboxylic acids is 2. The fourth-order valence-electron chi connectivity index (χ4n) is 2.52. The third-order valence-electron chi connectivity index (χ3n) is 4.47. The summed E-state index contributed by atoms with van der Waals surface area (Å²) in [4.78, 5) is 24.6. The lowest BCUT2D eigenvalue weighted by molar-refractivity contribution is -0.162. The Kier molecular flexibility index (Phi) is 7.09. The second-order valence-corrected chi connectivity index (χ2v) is 6.34. The van der Waals surface area contributed by atoms with Gasteiger partial charge in [0.15, 0.2) is 17.6 Å². The van der Waals surface area contributed by atoms with E-state index in [1.807, 2.05) is 0 Å². The van der Waals surface area contributed by atoms with Crippen LogP contribution >= 0.6 is 0 Å². The quantitative estimate of drug-likeness (QED) is 0.516. The van der Waals surface area contributed by atoms with Crippen molar-refractivity contribution in [3.8, 4) is 17.2 Å². The van der Waals surface area contributed by atoms with Crippen molar-refractivity contribution in [1.82, 2.24) is 0 Å². The predicted octanol–water partition coefficient (Wildman–Crippen LogP) is 3.87. The second-order valence-electron chi connectivity index (χ2n) is 6.34. The van der Waals surface area contributed by atoms with Crippen LogP contribution in [0.25, 0.3) is 0 Å². The average Bonchev–Trinajstić information content (AvgIpc) is 3.18. The minimum Gasteiger partial charge on any atom is -0.493 e. The van der Waals surface area contributed by atoms with E-state index < -0.39 is 24.1 Å². The summed E-state index contributed by atoms with van der Waals surface area (Å²) < 4.78 is 27.4. The second kappa shape index (κ2) is 9.30. The molecule has 2 atom stereocenters. The van der Waals surface area contributed by atoms with Crippen LogP contribution in [0.4, 0.5) is 0 Å². The Morgan fingerprint density at radius 2 is 1.64 bits per heavy atom. The van der Waals surface area contributed by atoms with E-state index in [1.54, 1.807) is 58.9 Å². The van der Waals surface area contributed by atoms with E-state index in [1.165, 1.54) is 7.11 Å². The number of esters is 2. The first-order valence-electron chi connectivity index (χ1n) is 8.97. The van der Waals surface area contributed by atoms with Gasteiger partial charge in [0.2, 0.25) is 12.5 Å². The summed E-state index contributed by atoms with van der Waals surface area (Å²) in [6, 6.07) is 3.38. The number of benzene rings is 1. The van der Waals surface area contributed by atoms with E-state index in [2.05, 4.69) is 0 Å². The zero-order valence-electron chi connectivity index (χ0n) is 17.0. The molecule has 2 rings (SSSR count). The molecule has 1 heterocycles. The number of carbonyl (C=O) groups is 2. The number of ether oxygens (including phenoxy) is 5. The van der Waals surface area contributed by atoms with Gasteiger partial charge < -0.3 is 23.7 Å². The van der Waals surface area contributed by atoms with Gasteiger partial charge >= 0.3 is 11.9 Å². The van der Waals surface area contributed by atoms with Gasteiger partial charge in [0.05, 0.1) is 7.11 Å². The lowest BCUT2D eigenvalue weighted by atomic mass is 10.0.